The predicted molar refractivity (Wildman–Crippen MR) is 108 cm³/mol. The lowest BCUT2D eigenvalue weighted by molar-refractivity contribution is -0.0436. The maximum absolute atomic E-state index is 12.8. The molecule has 9 nitrogen and oxygen atoms in total. The van der Waals surface area contributed by atoms with Crippen LogP contribution in [0.2, 0.25) is 5.02 Å². The zero-order chi connectivity index (χ0) is 22.1. The number of nitrogens with zero attached hydrogens (tertiary/aromatic N) is 5. The van der Waals surface area contributed by atoms with Crippen LogP contribution in [0.5, 0.6) is 0 Å². The largest absolute Gasteiger partial charge is 0.501 e. The Kier molecular flexibility index (Phi) is 7.28. The first kappa shape index (κ1) is 24.6. The van der Waals surface area contributed by atoms with E-state index in [0.29, 0.717) is 18.0 Å². The van der Waals surface area contributed by atoms with E-state index in [1.165, 1.54) is 29.6 Å². The summed E-state index contributed by atoms with van der Waals surface area (Å²) >= 11 is 5.74. The van der Waals surface area contributed by atoms with Gasteiger partial charge in [-0.25, -0.2) is 18.4 Å². The number of benzene rings is 1. The molecule has 0 radical (unpaired) electrons. The summed E-state index contributed by atoms with van der Waals surface area (Å²) in [5.41, 5.74) is -5.91. The van der Waals surface area contributed by atoms with E-state index < -0.39 is 32.2 Å². The van der Waals surface area contributed by atoms with Crippen molar-refractivity contribution in [2.45, 2.75) is 23.4 Å². The minimum atomic E-state index is -5.68. The Morgan fingerprint density at radius 2 is 1.90 bits per heavy atom. The summed E-state index contributed by atoms with van der Waals surface area (Å²) < 4.78 is 63.1. The summed E-state index contributed by atoms with van der Waals surface area (Å²) in [5.74, 6) is -0.279. The molecule has 1 aromatic carbocycles. The van der Waals surface area contributed by atoms with Gasteiger partial charge < -0.3 is 5.32 Å². The highest BCUT2D eigenvalue weighted by Gasteiger charge is 2.47. The number of aromatic nitrogens is 5. The molecule has 1 amide bonds. The van der Waals surface area contributed by atoms with Crippen molar-refractivity contribution in [3.05, 3.63) is 59.5 Å². The molecule has 3 rings (SSSR count). The van der Waals surface area contributed by atoms with Crippen LogP contribution in [-0.4, -0.2) is 44.6 Å². The van der Waals surface area contributed by atoms with Crippen LogP contribution in [0, 0.1) is 0 Å². The number of rotatable bonds is 5. The van der Waals surface area contributed by atoms with E-state index >= 15 is 0 Å². The van der Waals surface area contributed by atoms with Gasteiger partial charge in [0, 0.05) is 23.0 Å². The molecule has 0 bridgehead atoms. The quantitative estimate of drug-likeness (QED) is 0.579. The van der Waals surface area contributed by atoms with Gasteiger partial charge in [-0.3, -0.25) is 9.78 Å². The average Bonchev–Trinajstić information content (AvgIpc) is 3.17. The van der Waals surface area contributed by atoms with Gasteiger partial charge in [0.1, 0.15) is 6.33 Å². The number of carbonyl (C=O) groups excluding carboxylic acids is 1. The van der Waals surface area contributed by atoms with E-state index in [-0.39, 0.29) is 29.9 Å². The summed E-state index contributed by atoms with van der Waals surface area (Å²) in [6, 6.07) is 1.50. The molecular weight excluding hydrogens is 481 g/mol. The van der Waals surface area contributed by atoms with E-state index in [4.69, 9.17) is 11.6 Å². The third kappa shape index (κ3) is 5.14. The first-order chi connectivity index (χ1) is 14.0. The molecule has 0 aliphatic rings. The Labute approximate surface area is 186 Å². The van der Waals surface area contributed by atoms with E-state index in [2.05, 4.69) is 25.4 Å². The molecule has 0 saturated carbocycles. The maximum atomic E-state index is 12.8. The highest BCUT2D eigenvalue weighted by molar-refractivity contribution is 7.92. The predicted octanol–water partition coefficient (Wildman–Crippen LogP) is 2.61. The lowest BCUT2D eigenvalue weighted by atomic mass is 10.2. The molecule has 0 fully saturated rings. The first-order valence-electron chi connectivity index (χ1n) is 8.10. The van der Waals surface area contributed by atoms with Gasteiger partial charge in [-0.2, -0.15) is 36.4 Å². The number of nitrogens with one attached hydrogen (secondary N) is 1. The summed E-state index contributed by atoms with van der Waals surface area (Å²) in [5, 5.41) is 6.16. The minimum absolute atomic E-state index is 0. The topological polar surface area (TPSA) is 120 Å². The van der Waals surface area contributed by atoms with E-state index in [9.17, 15) is 26.4 Å². The number of amides is 1. The van der Waals surface area contributed by atoms with Gasteiger partial charge in [0.25, 0.3) is 15.7 Å². The van der Waals surface area contributed by atoms with Crippen LogP contribution in [0.15, 0.2) is 48.0 Å². The van der Waals surface area contributed by atoms with Crippen molar-refractivity contribution in [2.75, 3.05) is 0 Å². The highest BCUT2D eigenvalue weighted by Crippen LogP contribution is 2.32. The summed E-state index contributed by atoms with van der Waals surface area (Å²) in [6.45, 7) is 1.55. The second kappa shape index (κ2) is 9.20. The van der Waals surface area contributed by atoms with Gasteiger partial charge in [-0.1, -0.05) is 11.6 Å². The molecule has 31 heavy (non-hydrogen) atoms. The van der Waals surface area contributed by atoms with Crippen LogP contribution in [0.4, 0.5) is 13.2 Å². The molecule has 0 unspecified atom stereocenters. The Hall–Kier alpha value is -2.71. The number of alkyl halides is 3. The lowest BCUT2D eigenvalue weighted by Crippen LogP contribution is -2.29. The molecule has 166 valence electrons. The van der Waals surface area contributed by atoms with Crippen LogP contribution >= 0.6 is 25.1 Å². The third-order valence-corrected chi connectivity index (χ3v) is 5.51. The molecule has 0 aliphatic heterocycles. The average molecular weight is 495 g/mol. The van der Waals surface area contributed by atoms with Crippen molar-refractivity contribution in [3.63, 3.8) is 0 Å². The van der Waals surface area contributed by atoms with Crippen LogP contribution < -0.4 is 5.32 Å². The molecule has 0 spiro atoms. The highest BCUT2D eigenvalue weighted by atomic mass is 35.5. The van der Waals surface area contributed by atoms with Crippen LogP contribution in [0.3, 0.4) is 0 Å². The van der Waals surface area contributed by atoms with E-state index in [1.54, 1.807) is 6.92 Å². The van der Waals surface area contributed by atoms with Crippen molar-refractivity contribution in [2.24, 2.45) is 0 Å². The Balaban J connectivity index is 0.00000341. The molecule has 15 heteroatoms. The number of carbonyl (C=O) groups is 1. The smallest absolute Gasteiger partial charge is 0.342 e. The van der Waals surface area contributed by atoms with Gasteiger partial charge in [0.15, 0.2) is 11.6 Å². The molecule has 2 heterocycles. The lowest BCUT2D eigenvalue weighted by Gasteiger charge is -2.15. The van der Waals surface area contributed by atoms with Gasteiger partial charge in [0.05, 0.1) is 17.1 Å². The maximum Gasteiger partial charge on any atom is 0.501 e. The van der Waals surface area contributed by atoms with E-state index in [0.717, 1.165) is 6.07 Å². The molecule has 3 aromatic rings. The van der Waals surface area contributed by atoms with Crippen LogP contribution in [0.25, 0.3) is 5.82 Å². The number of sulfone groups is 1. The molecule has 0 aliphatic carbocycles. The molecule has 0 saturated heterocycles. The number of hydrogen-bond acceptors (Lipinski definition) is 7. The van der Waals surface area contributed by atoms with Crippen LogP contribution in [-0.2, 0) is 9.84 Å². The number of halogens is 4. The summed E-state index contributed by atoms with van der Waals surface area (Å²) in [6.07, 6.45) is 5.52. The zero-order valence-corrected chi connectivity index (χ0v) is 18.1. The van der Waals surface area contributed by atoms with Crippen molar-refractivity contribution < 1.29 is 26.4 Å². The van der Waals surface area contributed by atoms with Gasteiger partial charge >= 0.3 is 5.51 Å². The molecule has 2 aromatic heterocycles. The molecule has 1 N–H and O–H groups in total. The SMILES string of the molecule is C[C@@H](NC(=O)c1cc(Cl)cc(S(=O)(=O)C(F)(F)F)c1)c1ncnn1-c1cnccn1.S. The standard InChI is InChI=1S/C16H12ClF3N6O3S.H2S/c1-9(14-23-8-24-26(14)13-7-21-2-3-22-13)25-15(27)10-4-11(17)6-12(5-10)30(28,29)16(18,19)20;/h2-9H,1H3,(H,25,27);1H2/t9-;/m1./s1. The van der Waals surface area contributed by atoms with Crippen LogP contribution in [0.1, 0.15) is 29.1 Å². The fraction of sp³-hybridized carbons (Fsp3) is 0.188. The summed E-state index contributed by atoms with van der Waals surface area (Å²) in [4.78, 5) is 23.4. The molecule has 1 atom stereocenters. The zero-order valence-electron chi connectivity index (χ0n) is 15.5. The monoisotopic (exact) mass is 494 g/mol. The Morgan fingerprint density at radius 1 is 1.19 bits per heavy atom. The fourth-order valence-electron chi connectivity index (χ4n) is 2.45. The molecular formula is C16H14ClF3N6O3S2. The first-order valence-corrected chi connectivity index (χ1v) is 9.96. The Morgan fingerprint density at radius 3 is 2.52 bits per heavy atom. The second-order valence-corrected chi connectivity index (χ2v) is 8.29. The normalized spacial score (nSPS) is 12.7. The Bertz CT molecular complexity index is 1190. The third-order valence-electron chi connectivity index (χ3n) is 3.82. The second-order valence-electron chi connectivity index (χ2n) is 5.91. The number of hydrogen-bond donors (Lipinski definition) is 1. The van der Waals surface area contributed by atoms with Gasteiger partial charge in [0.2, 0.25) is 0 Å². The van der Waals surface area contributed by atoms with Gasteiger partial charge in [-0.05, 0) is 25.1 Å². The summed E-state index contributed by atoms with van der Waals surface area (Å²) in [7, 11) is -5.68. The van der Waals surface area contributed by atoms with E-state index in [1.807, 2.05) is 0 Å². The van der Waals surface area contributed by atoms with Crippen molar-refractivity contribution in [3.8, 4) is 5.82 Å². The van der Waals surface area contributed by atoms with Gasteiger partial charge in [-0.15, -0.1) is 0 Å². The van der Waals surface area contributed by atoms with Crippen molar-refractivity contribution >= 4 is 40.8 Å². The van der Waals surface area contributed by atoms with Crippen molar-refractivity contribution in [1.82, 2.24) is 30.0 Å². The minimum Gasteiger partial charge on any atom is -0.342 e. The van der Waals surface area contributed by atoms with Crippen molar-refractivity contribution in [1.29, 1.82) is 0 Å². The fourth-order valence-corrected chi connectivity index (χ4v) is 3.58.